The predicted molar refractivity (Wildman–Crippen MR) is 89.1 cm³/mol. The van der Waals surface area contributed by atoms with Crippen LogP contribution < -0.4 is 5.11 Å². The zero-order chi connectivity index (χ0) is 15.9. The quantitative estimate of drug-likeness (QED) is 0.478. The fraction of sp³-hybridized carbons (Fsp3) is 0.556. The Bertz CT molecular complexity index is 460. The summed E-state index contributed by atoms with van der Waals surface area (Å²) < 4.78 is 0. The maximum Gasteiger partial charge on any atom is 0.230 e. The SMILES string of the molecule is CC(=[S+]c1ccccc1)C1CCC(C(C)(C)C)C1.O=C[O-]. The summed E-state index contributed by atoms with van der Waals surface area (Å²) in [6, 6.07) is 10.8. The molecule has 3 heteroatoms. The Balaban J connectivity index is 0.000000677. The molecule has 2 atom stereocenters. The number of hydrogen-bond donors (Lipinski definition) is 0. The lowest BCUT2D eigenvalue weighted by atomic mass is 9.79. The molecule has 21 heavy (non-hydrogen) atoms. The van der Waals surface area contributed by atoms with Crippen LogP contribution in [0.5, 0.6) is 0 Å². The van der Waals surface area contributed by atoms with Gasteiger partial charge in [-0.15, -0.1) is 0 Å². The first-order chi connectivity index (χ1) is 9.88. The molecule has 1 aromatic carbocycles. The molecule has 0 bridgehead atoms. The second-order valence-electron chi connectivity index (χ2n) is 6.69. The zero-order valence-electron chi connectivity index (χ0n) is 13.5. The lowest BCUT2D eigenvalue weighted by Gasteiger charge is -2.26. The summed E-state index contributed by atoms with van der Waals surface area (Å²) in [7, 11) is 0. The number of rotatable bonds is 2. The highest BCUT2D eigenvalue weighted by Crippen LogP contribution is 2.42. The van der Waals surface area contributed by atoms with Crippen molar-refractivity contribution in [1.82, 2.24) is 0 Å². The first-order valence-electron chi connectivity index (χ1n) is 7.50. The van der Waals surface area contributed by atoms with Crippen molar-refractivity contribution in [2.24, 2.45) is 17.3 Å². The summed E-state index contributed by atoms with van der Waals surface area (Å²) in [4.78, 5) is 11.2. The predicted octanol–water partition coefficient (Wildman–Crippen LogP) is 3.15. The van der Waals surface area contributed by atoms with Crippen LogP contribution in [-0.2, 0) is 16.1 Å². The Kier molecular flexibility index (Phi) is 7.03. The molecule has 0 heterocycles. The molecule has 1 saturated carbocycles. The fourth-order valence-corrected chi connectivity index (χ4v) is 3.94. The smallest absolute Gasteiger partial charge is 0.230 e. The van der Waals surface area contributed by atoms with E-state index in [0.717, 1.165) is 11.8 Å². The van der Waals surface area contributed by atoms with Crippen LogP contribution in [0.4, 0.5) is 0 Å². The summed E-state index contributed by atoms with van der Waals surface area (Å²) in [5.41, 5.74) is 0.479. The van der Waals surface area contributed by atoms with Gasteiger partial charge in [-0.25, -0.2) is 0 Å². The number of carbonyl (C=O) groups is 1. The molecular formula is C18H26O2S. The normalized spacial score (nSPS) is 22.4. The maximum atomic E-state index is 8.25. The summed E-state index contributed by atoms with van der Waals surface area (Å²) in [5, 5.41) is 8.25. The lowest BCUT2D eigenvalue weighted by molar-refractivity contribution is -0.283. The van der Waals surface area contributed by atoms with Gasteiger partial charge in [0.25, 0.3) is 0 Å². The van der Waals surface area contributed by atoms with Crippen molar-refractivity contribution in [3.63, 3.8) is 0 Å². The van der Waals surface area contributed by atoms with Crippen molar-refractivity contribution in [2.45, 2.75) is 51.9 Å². The summed E-state index contributed by atoms with van der Waals surface area (Å²) in [6.45, 7) is 8.99. The summed E-state index contributed by atoms with van der Waals surface area (Å²) in [6.07, 6.45) is 4.17. The van der Waals surface area contributed by atoms with Crippen LogP contribution in [0.15, 0.2) is 35.2 Å². The van der Waals surface area contributed by atoms with Gasteiger partial charge in [0, 0.05) is 31.4 Å². The molecule has 2 rings (SSSR count). The Morgan fingerprint density at radius 3 is 2.29 bits per heavy atom. The van der Waals surface area contributed by atoms with Gasteiger partial charge in [0.2, 0.25) is 16.2 Å². The van der Waals surface area contributed by atoms with Gasteiger partial charge in [-0.05, 0) is 30.6 Å². The minimum atomic E-state index is -0.500. The van der Waals surface area contributed by atoms with E-state index in [1.165, 1.54) is 24.2 Å². The molecule has 1 aliphatic carbocycles. The number of carboxylic acid groups (broad SMARTS) is 1. The van der Waals surface area contributed by atoms with E-state index in [9.17, 15) is 0 Å². The number of hydrogen-bond acceptors (Lipinski definition) is 2. The molecule has 0 amide bonds. The second kappa shape index (κ2) is 8.28. The van der Waals surface area contributed by atoms with Crippen molar-refractivity contribution in [3.8, 4) is 0 Å². The van der Waals surface area contributed by atoms with E-state index < -0.39 is 6.47 Å². The summed E-state index contributed by atoms with van der Waals surface area (Å²) in [5.74, 6) is 1.72. The Labute approximate surface area is 132 Å². The third-order valence-electron chi connectivity index (χ3n) is 4.25. The highest BCUT2D eigenvalue weighted by Gasteiger charge is 2.36. The molecule has 1 aliphatic rings. The van der Waals surface area contributed by atoms with E-state index in [1.807, 2.05) is 11.4 Å². The van der Waals surface area contributed by atoms with Crippen LogP contribution in [-0.4, -0.2) is 11.3 Å². The first kappa shape index (κ1) is 17.8. The molecule has 0 saturated heterocycles. The highest BCUT2D eigenvalue weighted by molar-refractivity contribution is 7.78. The molecule has 0 spiro atoms. The topological polar surface area (TPSA) is 40.1 Å². The van der Waals surface area contributed by atoms with Crippen LogP contribution in [0.1, 0.15) is 47.0 Å². The zero-order valence-corrected chi connectivity index (χ0v) is 14.3. The molecule has 2 nitrogen and oxygen atoms in total. The van der Waals surface area contributed by atoms with Crippen LogP contribution in [0, 0.1) is 17.3 Å². The highest BCUT2D eigenvalue weighted by atomic mass is 32.1. The molecule has 1 aromatic rings. The van der Waals surface area contributed by atoms with Crippen molar-refractivity contribution < 1.29 is 9.90 Å². The number of benzene rings is 1. The van der Waals surface area contributed by atoms with E-state index in [2.05, 4.69) is 58.0 Å². The van der Waals surface area contributed by atoms with Crippen LogP contribution in [0.3, 0.4) is 0 Å². The van der Waals surface area contributed by atoms with Gasteiger partial charge in [-0.2, -0.15) is 0 Å². The molecule has 0 aromatic heterocycles. The Hall–Kier alpha value is -1.22. The van der Waals surface area contributed by atoms with Gasteiger partial charge < -0.3 is 9.90 Å². The minimum absolute atomic E-state index is 0.479. The van der Waals surface area contributed by atoms with Gasteiger partial charge in [0.1, 0.15) is 0 Å². The second-order valence-corrected chi connectivity index (χ2v) is 8.01. The van der Waals surface area contributed by atoms with E-state index >= 15 is 0 Å². The lowest BCUT2D eigenvalue weighted by Crippen LogP contribution is -2.18. The van der Waals surface area contributed by atoms with Gasteiger partial charge >= 0.3 is 0 Å². The maximum absolute atomic E-state index is 8.25. The minimum Gasteiger partial charge on any atom is -0.554 e. The van der Waals surface area contributed by atoms with Crippen molar-refractivity contribution in [1.29, 1.82) is 0 Å². The standard InChI is InChI=1S/C17H25S.CH2O2/c1-13(18-16-8-6-5-7-9-16)14-10-11-15(12-14)17(2,3)4;2-1-3/h5-9,14-15H,10-12H2,1-4H3;1H,(H,2,3)/q+1;/p-1. The van der Waals surface area contributed by atoms with E-state index in [1.54, 1.807) is 4.86 Å². The van der Waals surface area contributed by atoms with Gasteiger partial charge in [0.05, 0.1) is 0 Å². The van der Waals surface area contributed by atoms with Crippen molar-refractivity contribution in [3.05, 3.63) is 30.3 Å². The van der Waals surface area contributed by atoms with Crippen LogP contribution in [0.2, 0.25) is 0 Å². The Morgan fingerprint density at radius 1 is 1.24 bits per heavy atom. The average molecular weight is 306 g/mol. The molecule has 0 N–H and O–H groups in total. The van der Waals surface area contributed by atoms with Gasteiger partial charge in [-0.3, -0.25) is 0 Å². The van der Waals surface area contributed by atoms with Gasteiger partial charge in [-0.1, -0.05) is 39.0 Å². The molecule has 0 aliphatic heterocycles. The molecule has 0 radical (unpaired) electrons. The van der Waals surface area contributed by atoms with Crippen molar-refractivity contribution >= 4 is 22.7 Å². The van der Waals surface area contributed by atoms with E-state index in [4.69, 9.17) is 9.90 Å². The molecule has 116 valence electrons. The third kappa shape index (κ3) is 5.96. The fourth-order valence-electron chi connectivity index (χ4n) is 2.90. The molecular weight excluding hydrogens is 280 g/mol. The van der Waals surface area contributed by atoms with Crippen LogP contribution >= 0.6 is 0 Å². The third-order valence-corrected chi connectivity index (χ3v) is 5.42. The average Bonchev–Trinajstić information content (AvgIpc) is 2.90. The van der Waals surface area contributed by atoms with E-state index in [-0.39, 0.29) is 0 Å². The largest absolute Gasteiger partial charge is 0.554 e. The van der Waals surface area contributed by atoms with E-state index in [0.29, 0.717) is 5.41 Å². The van der Waals surface area contributed by atoms with Crippen LogP contribution in [0.25, 0.3) is 0 Å². The summed E-state index contributed by atoms with van der Waals surface area (Å²) >= 11 is 1.97. The Morgan fingerprint density at radius 2 is 1.81 bits per heavy atom. The van der Waals surface area contributed by atoms with Gasteiger partial charge in [0.15, 0.2) is 4.86 Å². The molecule has 1 fully saturated rings. The first-order valence-corrected chi connectivity index (χ1v) is 8.32. The monoisotopic (exact) mass is 306 g/mol. The van der Waals surface area contributed by atoms with Crippen molar-refractivity contribution in [2.75, 3.05) is 0 Å². The number of carbonyl (C=O) groups excluding carboxylic acids is 1. The molecule has 2 unspecified atom stereocenters.